The maximum atomic E-state index is 13.0. The molecule has 1 N–H and O–H groups in total. The fourth-order valence-corrected chi connectivity index (χ4v) is 5.41. The number of aromatic amines is 1. The van der Waals surface area contributed by atoms with Crippen LogP contribution in [0.4, 0.5) is 0 Å². The van der Waals surface area contributed by atoms with Crippen LogP contribution >= 0.6 is 0 Å². The second-order valence-corrected chi connectivity index (χ2v) is 9.65. The molecule has 9 nitrogen and oxygen atoms in total. The zero-order valence-corrected chi connectivity index (χ0v) is 18.6. The highest BCUT2D eigenvalue weighted by molar-refractivity contribution is 5.88. The van der Waals surface area contributed by atoms with Crippen LogP contribution in [0.25, 0.3) is 0 Å². The van der Waals surface area contributed by atoms with Crippen LogP contribution in [0.3, 0.4) is 0 Å². The molecule has 3 aliphatic heterocycles. The molecule has 32 heavy (non-hydrogen) atoms. The molecule has 4 aliphatic rings. The molecule has 1 aromatic rings. The van der Waals surface area contributed by atoms with Crippen molar-refractivity contribution in [2.45, 2.75) is 70.4 Å². The maximum Gasteiger partial charge on any atom is 0.254 e. The average Bonchev–Trinajstić information content (AvgIpc) is 3.40. The summed E-state index contributed by atoms with van der Waals surface area (Å²) in [4.78, 5) is 63.4. The van der Waals surface area contributed by atoms with Gasteiger partial charge in [0.05, 0.1) is 12.2 Å². The Bertz CT molecular complexity index is 1000. The molecule has 0 bridgehead atoms. The first kappa shape index (κ1) is 21.2. The normalized spacial score (nSPS) is 24.5. The monoisotopic (exact) mass is 441 g/mol. The van der Waals surface area contributed by atoms with Gasteiger partial charge in [-0.15, -0.1) is 0 Å². The van der Waals surface area contributed by atoms with E-state index in [0.717, 1.165) is 32.1 Å². The molecule has 2 saturated heterocycles. The van der Waals surface area contributed by atoms with Gasteiger partial charge in [-0.05, 0) is 39.0 Å². The number of aromatic nitrogens is 2. The first-order chi connectivity index (χ1) is 15.4. The van der Waals surface area contributed by atoms with Crippen LogP contribution < -0.4 is 5.56 Å². The molecule has 1 saturated carbocycles. The lowest BCUT2D eigenvalue weighted by Gasteiger charge is -2.34. The number of nitrogens with one attached hydrogen (secondary N) is 1. The molecule has 2 atom stereocenters. The van der Waals surface area contributed by atoms with E-state index in [1.165, 1.54) is 0 Å². The first-order valence-electron chi connectivity index (χ1n) is 11.9. The fraction of sp³-hybridized carbons (Fsp3) is 0.696. The fourth-order valence-electron chi connectivity index (χ4n) is 5.41. The molecule has 0 radical (unpaired) electrons. The number of hydrogen-bond acceptors (Lipinski definition) is 5. The average molecular weight is 442 g/mol. The molecule has 172 valence electrons. The Morgan fingerprint density at radius 3 is 2.53 bits per heavy atom. The Balaban J connectivity index is 1.28. The Labute approximate surface area is 187 Å². The quantitative estimate of drug-likeness (QED) is 0.743. The predicted molar refractivity (Wildman–Crippen MR) is 116 cm³/mol. The zero-order valence-electron chi connectivity index (χ0n) is 18.6. The van der Waals surface area contributed by atoms with Crippen LogP contribution in [0.5, 0.6) is 0 Å². The van der Waals surface area contributed by atoms with E-state index in [0.29, 0.717) is 62.6 Å². The highest BCUT2D eigenvalue weighted by Crippen LogP contribution is 2.31. The number of likely N-dealkylation sites (tertiary alicyclic amines) is 2. The van der Waals surface area contributed by atoms with Crippen LogP contribution in [-0.4, -0.2) is 74.6 Å². The van der Waals surface area contributed by atoms with Crippen molar-refractivity contribution in [3.63, 3.8) is 0 Å². The minimum atomic E-state index is -0.453. The topological polar surface area (TPSA) is 107 Å². The largest absolute Gasteiger partial charge is 0.340 e. The predicted octanol–water partition coefficient (Wildman–Crippen LogP) is 0.782. The summed E-state index contributed by atoms with van der Waals surface area (Å²) in [6.45, 7) is 4.47. The van der Waals surface area contributed by atoms with Gasteiger partial charge in [-0.3, -0.25) is 19.2 Å². The van der Waals surface area contributed by atoms with E-state index in [9.17, 15) is 19.2 Å². The number of carbonyl (C=O) groups is 3. The molecule has 0 aromatic carbocycles. The number of nitrogens with zero attached hydrogens (tertiary/aromatic N) is 4. The third kappa shape index (κ3) is 3.71. The van der Waals surface area contributed by atoms with Gasteiger partial charge in [0, 0.05) is 50.0 Å². The van der Waals surface area contributed by atoms with E-state index in [2.05, 4.69) is 4.98 Å². The Morgan fingerprint density at radius 2 is 1.84 bits per heavy atom. The van der Waals surface area contributed by atoms with Gasteiger partial charge in [0.2, 0.25) is 17.7 Å². The van der Waals surface area contributed by atoms with Crippen molar-refractivity contribution < 1.29 is 14.4 Å². The zero-order chi connectivity index (χ0) is 22.4. The molecule has 1 aromatic heterocycles. The number of amides is 3. The molecule has 3 fully saturated rings. The van der Waals surface area contributed by atoms with E-state index in [4.69, 9.17) is 4.98 Å². The maximum absolute atomic E-state index is 13.0. The van der Waals surface area contributed by atoms with Crippen LogP contribution in [0.15, 0.2) is 4.79 Å². The van der Waals surface area contributed by atoms with Crippen molar-refractivity contribution in [3.8, 4) is 0 Å². The molecule has 5 rings (SSSR count). The number of H-pyrrole nitrogens is 1. The second-order valence-electron chi connectivity index (χ2n) is 9.65. The van der Waals surface area contributed by atoms with E-state index in [1.54, 1.807) is 16.7 Å². The van der Waals surface area contributed by atoms with E-state index in [-0.39, 0.29) is 35.1 Å². The number of carbonyl (C=O) groups excluding carboxylic acids is 3. The highest BCUT2D eigenvalue weighted by Gasteiger charge is 2.37. The van der Waals surface area contributed by atoms with Crippen LogP contribution in [-0.2, 0) is 27.3 Å². The second kappa shape index (κ2) is 8.33. The van der Waals surface area contributed by atoms with Crippen molar-refractivity contribution in [1.29, 1.82) is 0 Å². The van der Waals surface area contributed by atoms with Gasteiger partial charge >= 0.3 is 0 Å². The molecule has 4 heterocycles. The van der Waals surface area contributed by atoms with Crippen molar-refractivity contribution in [2.24, 2.45) is 5.92 Å². The first-order valence-corrected chi connectivity index (χ1v) is 11.9. The third-order valence-corrected chi connectivity index (χ3v) is 7.68. The van der Waals surface area contributed by atoms with Crippen LogP contribution in [0.1, 0.15) is 68.4 Å². The Hall–Kier alpha value is -2.71. The molecule has 0 unspecified atom stereocenters. The summed E-state index contributed by atoms with van der Waals surface area (Å²) in [6, 6.07) is -0.453. The lowest BCUT2D eigenvalue weighted by Crippen LogP contribution is -2.47. The van der Waals surface area contributed by atoms with Gasteiger partial charge in [-0.25, -0.2) is 4.98 Å². The van der Waals surface area contributed by atoms with Gasteiger partial charge in [0.15, 0.2) is 0 Å². The Kier molecular flexibility index (Phi) is 5.51. The highest BCUT2D eigenvalue weighted by atomic mass is 16.2. The lowest BCUT2D eigenvalue weighted by molar-refractivity contribution is -0.142. The summed E-state index contributed by atoms with van der Waals surface area (Å²) < 4.78 is 0. The van der Waals surface area contributed by atoms with Crippen LogP contribution in [0.2, 0.25) is 0 Å². The summed E-state index contributed by atoms with van der Waals surface area (Å²) in [5.74, 6) is 0.886. The van der Waals surface area contributed by atoms with E-state index in [1.807, 2.05) is 4.90 Å². The molecular weight excluding hydrogens is 410 g/mol. The molecule has 3 amide bonds. The van der Waals surface area contributed by atoms with Gasteiger partial charge in [0.25, 0.3) is 5.56 Å². The van der Waals surface area contributed by atoms with Crippen molar-refractivity contribution in [1.82, 2.24) is 24.7 Å². The van der Waals surface area contributed by atoms with Gasteiger partial charge in [-0.2, -0.15) is 0 Å². The molecule has 1 aliphatic carbocycles. The standard InChI is InChI=1S/C23H31N5O4/c1-14(28-9-3-6-19(28)29)22(31)26-10-7-16(12-26)20-24-18-13-27(23(32)15-4-2-5-15)11-8-17(18)21(30)25-20/h14-16H,2-13H2,1H3,(H,24,25,30)/t14-,16-/m1/s1. The smallest absolute Gasteiger partial charge is 0.254 e. The minimum absolute atomic E-state index is 0.0414. The lowest BCUT2D eigenvalue weighted by atomic mass is 9.84. The van der Waals surface area contributed by atoms with E-state index >= 15 is 0 Å². The summed E-state index contributed by atoms with van der Waals surface area (Å²) in [6.07, 6.45) is 5.62. The van der Waals surface area contributed by atoms with Gasteiger partial charge in [-0.1, -0.05) is 6.42 Å². The Morgan fingerprint density at radius 1 is 1.03 bits per heavy atom. The van der Waals surface area contributed by atoms with Gasteiger partial charge in [0.1, 0.15) is 11.9 Å². The van der Waals surface area contributed by atoms with Gasteiger partial charge < -0.3 is 19.7 Å². The summed E-state index contributed by atoms with van der Waals surface area (Å²) in [5, 5.41) is 0. The molecule has 9 heteroatoms. The third-order valence-electron chi connectivity index (χ3n) is 7.68. The van der Waals surface area contributed by atoms with Crippen molar-refractivity contribution in [2.75, 3.05) is 26.2 Å². The van der Waals surface area contributed by atoms with E-state index < -0.39 is 6.04 Å². The van der Waals surface area contributed by atoms with Crippen LogP contribution in [0, 0.1) is 5.92 Å². The number of fused-ring (bicyclic) bond motifs is 1. The number of hydrogen-bond donors (Lipinski definition) is 1. The minimum Gasteiger partial charge on any atom is -0.340 e. The number of rotatable bonds is 4. The summed E-state index contributed by atoms with van der Waals surface area (Å²) in [5.41, 5.74) is 1.25. The molecule has 0 spiro atoms. The summed E-state index contributed by atoms with van der Waals surface area (Å²) in [7, 11) is 0. The van der Waals surface area contributed by atoms with Crippen molar-refractivity contribution >= 4 is 17.7 Å². The van der Waals surface area contributed by atoms with Crippen molar-refractivity contribution in [3.05, 3.63) is 27.4 Å². The molecular formula is C23H31N5O4. The SMILES string of the molecule is C[C@H](C(=O)N1CC[C@@H](c2nc3c(c(=O)[nH]2)CCN(C(=O)C2CCC2)C3)C1)N1CCCC1=O. The summed E-state index contributed by atoms with van der Waals surface area (Å²) >= 11 is 0.